The number of hydrogen-bond acceptors (Lipinski definition) is 3. The molecule has 0 fully saturated rings. The highest BCUT2D eigenvalue weighted by Gasteiger charge is 1.98. The van der Waals surface area contributed by atoms with Crippen LogP contribution in [0.3, 0.4) is 0 Å². The predicted molar refractivity (Wildman–Crippen MR) is 84.6 cm³/mol. The second-order valence-corrected chi connectivity index (χ2v) is 5.70. The SMILES string of the molecule is NNC(=O)CCCCCCCCCCCCCCC(=O)O. The zero-order valence-corrected chi connectivity index (χ0v) is 13.2. The van der Waals surface area contributed by atoms with E-state index in [4.69, 9.17) is 10.9 Å². The third kappa shape index (κ3) is 16.8. The number of amides is 1. The number of carboxylic acids is 1. The lowest BCUT2D eigenvalue weighted by Gasteiger charge is -2.03. The van der Waals surface area contributed by atoms with Gasteiger partial charge in [0.1, 0.15) is 0 Å². The van der Waals surface area contributed by atoms with Gasteiger partial charge in [-0.1, -0.05) is 64.2 Å². The summed E-state index contributed by atoms with van der Waals surface area (Å²) in [5, 5.41) is 8.51. The number of unbranched alkanes of at least 4 members (excludes halogenated alkanes) is 11. The summed E-state index contributed by atoms with van der Waals surface area (Å²) < 4.78 is 0. The fourth-order valence-electron chi connectivity index (χ4n) is 2.40. The molecule has 0 aliphatic heterocycles. The summed E-state index contributed by atoms with van der Waals surface area (Å²) in [4.78, 5) is 21.2. The number of hydrogen-bond donors (Lipinski definition) is 3. The molecular formula is C16H32N2O3. The van der Waals surface area contributed by atoms with Crippen molar-refractivity contribution in [2.45, 2.75) is 89.9 Å². The first-order valence-electron chi connectivity index (χ1n) is 8.38. The molecule has 124 valence electrons. The number of rotatable bonds is 15. The molecule has 0 aromatic rings. The largest absolute Gasteiger partial charge is 0.481 e. The molecule has 5 heteroatoms. The molecule has 0 spiro atoms. The minimum Gasteiger partial charge on any atom is -0.481 e. The second-order valence-electron chi connectivity index (χ2n) is 5.70. The van der Waals surface area contributed by atoms with Gasteiger partial charge in [-0.05, 0) is 12.8 Å². The van der Waals surface area contributed by atoms with Crippen molar-refractivity contribution in [1.29, 1.82) is 0 Å². The summed E-state index contributed by atoms with van der Waals surface area (Å²) in [6.45, 7) is 0. The summed E-state index contributed by atoms with van der Waals surface area (Å²) >= 11 is 0. The van der Waals surface area contributed by atoms with Gasteiger partial charge in [0, 0.05) is 12.8 Å². The van der Waals surface area contributed by atoms with Crippen LogP contribution in [0.2, 0.25) is 0 Å². The first kappa shape index (κ1) is 19.9. The monoisotopic (exact) mass is 300 g/mol. The summed E-state index contributed by atoms with van der Waals surface area (Å²) in [5.74, 6) is 4.25. The van der Waals surface area contributed by atoms with E-state index in [-0.39, 0.29) is 5.91 Å². The number of nitrogens with one attached hydrogen (secondary N) is 1. The van der Waals surface area contributed by atoms with Gasteiger partial charge in [0.15, 0.2) is 0 Å². The van der Waals surface area contributed by atoms with E-state index in [9.17, 15) is 9.59 Å². The van der Waals surface area contributed by atoms with E-state index < -0.39 is 5.97 Å². The van der Waals surface area contributed by atoms with Crippen molar-refractivity contribution in [3.05, 3.63) is 0 Å². The highest BCUT2D eigenvalue weighted by atomic mass is 16.4. The van der Waals surface area contributed by atoms with E-state index in [1.54, 1.807) is 0 Å². The van der Waals surface area contributed by atoms with Gasteiger partial charge in [-0.25, -0.2) is 5.84 Å². The molecule has 21 heavy (non-hydrogen) atoms. The average molecular weight is 300 g/mol. The molecule has 0 aromatic heterocycles. The lowest BCUT2D eigenvalue weighted by atomic mass is 10.0. The van der Waals surface area contributed by atoms with Crippen molar-refractivity contribution in [3.8, 4) is 0 Å². The third-order valence-electron chi connectivity index (χ3n) is 3.71. The van der Waals surface area contributed by atoms with Gasteiger partial charge in [-0.2, -0.15) is 0 Å². The molecule has 1 amide bonds. The van der Waals surface area contributed by atoms with Crippen LogP contribution in [0.25, 0.3) is 0 Å². The number of hydrazine groups is 1. The minimum absolute atomic E-state index is 0.0710. The van der Waals surface area contributed by atoms with Gasteiger partial charge >= 0.3 is 5.97 Å². The summed E-state index contributed by atoms with van der Waals surface area (Å²) in [7, 11) is 0. The Hall–Kier alpha value is -1.10. The van der Waals surface area contributed by atoms with E-state index in [0.717, 1.165) is 32.1 Å². The Bertz CT molecular complexity index is 270. The molecule has 0 unspecified atom stereocenters. The van der Waals surface area contributed by atoms with Gasteiger partial charge in [-0.3, -0.25) is 15.0 Å². The molecule has 0 radical (unpaired) electrons. The second kappa shape index (κ2) is 15.3. The van der Waals surface area contributed by atoms with Crippen molar-refractivity contribution in [2.24, 2.45) is 5.84 Å². The van der Waals surface area contributed by atoms with E-state index in [1.165, 1.54) is 44.9 Å². The molecule has 0 saturated carbocycles. The number of aliphatic carboxylic acids is 1. The normalized spacial score (nSPS) is 10.5. The van der Waals surface area contributed by atoms with Crippen molar-refractivity contribution in [3.63, 3.8) is 0 Å². The lowest BCUT2D eigenvalue weighted by Crippen LogP contribution is -2.29. The van der Waals surface area contributed by atoms with Gasteiger partial charge in [0.25, 0.3) is 0 Å². The molecule has 0 bridgehead atoms. The van der Waals surface area contributed by atoms with Crippen LogP contribution in [-0.4, -0.2) is 17.0 Å². The maximum atomic E-state index is 10.9. The first-order chi connectivity index (χ1) is 10.2. The van der Waals surface area contributed by atoms with Crippen LogP contribution in [0.5, 0.6) is 0 Å². The highest BCUT2D eigenvalue weighted by Crippen LogP contribution is 2.12. The Balaban J connectivity index is 3.02. The maximum Gasteiger partial charge on any atom is 0.303 e. The highest BCUT2D eigenvalue weighted by molar-refractivity contribution is 5.75. The Kier molecular flexibility index (Phi) is 14.5. The molecule has 0 heterocycles. The maximum absolute atomic E-state index is 10.9. The Morgan fingerprint density at radius 1 is 0.667 bits per heavy atom. The molecule has 5 nitrogen and oxygen atoms in total. The lowest BCUT2D eigenvalue weighted by molar-refractivity contribution is -0.137. The molecule has 0 aliphatic rings. The summed E-state index contributed by atoms with van der Waals surface area (Å²) in [6, 6.07) is 0. The van der Waals surface area contributed by atoms with Crippen LogP contribution in [0.15, 0.2) is 0 Å². The fourth-order valence-corrected chi connectivity index (χ4v) is 2.40. The zero-order valence-electron chi connectivity index (χ0n) is 13.2. The molecule has 0 rings (SSSR count). The van der Waals surface area contributed by atoms with Crippen molar-refractivity contribution >= 4 is 11.9 Å². The quantitative estimate of drug-likeness (QED) is 0.187. The van der Waals surface area contributed by atoms with Gasteiger partial charge in [0.05, 0.1) is 0 Å². The van der Waals surface area contributed by atoms with Crippen molar-refractivity contribution in [1.82, 2.24) is 5.43 Å². The molecule has 0 aromatic carbocycles. The van der Waals surface area contributed by atoms with Gasteiger partial charge in [0.2, 0.25) is 5.91 Å². The molecule has 0 atom stereocenters. The van der Waals surface area contributed by atoms with E-state index >= 15 is 0 Å². The van der Waals surface area contributed by atoms with Crippen molar-refractivity contribution in [2.75, 3.05) is 0 Å². The zero-order chi connectivity index (χ0) is 15.8. The number of nitrogens with two attached hydrogens (primary N) is 1. The van der Waals surface area contributed by atoms with E-state index in [2.05, 4.69) is 5.43 Å². The van der Waals surface area contributed by atoms with Crippen LogP contribution in [0, 0.1) is 0 Å². The van der Waals surface area contributed by atoms with Crippen LogP contribution in [0.4, 0.5) is 0 Å². The Labute approximate surface area is 128 Å². The number of carbonyl (C=O) groups excluding carboxylic acids is 1. The minimum atomic E-state index is -0.682. The Morgan fingerprint density at radius 2 is 1.00 bits per heavy atom. The molecule has 4 N–H and O–H groups in total. The topological polar surface area (TPSA) is 92.4 Å². The van der Waals surface area contributed by atoms with Crippen LogP contribution in [-0.2, 0) is 9.59 Å². The number of carbonyl (C=O) groups is 2. The van der Waals surface area contributed by atoms with Gasteiger partial charge in [-0.15, -0.1) is 0 Å². The van der Waals surface area contributed by atoms with Crippen LogP contribution in [0.1, 0.15) is 89.9 Å². The third-order valence-corrected chi connectivity index (χ3v) is 3.71. The van der Waals surface area contributed by atoms with Crippen LogP contribution >= 0.6 is 0 Å². The van der Waals surface area contributed by atoms with E-state index in [0.29, 0.717) is 12.8 Å². The Morgan fingerprint density at radius 3 is 1.33 bits per heavy atom. The first-order valence-corrected chi connectivity index (χ1v) is 8.38. The van der Waals surface area contributed by atoms with E-state index in [1.807, 2.05) is 0 Å². The predicted octanol–water partition coefficient (Wildman–Crippen LogP) is 3.52. The summed E-state index contributed by atoms with van der Waals surface area (Å²) in [6.07, 6.45) is 14.7. The van der Waals surface area contributed by atoms with Gasteiger partial charge < -0.3 is 5.11 Å². The van der Waals surface area contributed by atoms with Crippen LogP contribution < -0.4 is 11.3 Å². The number of carboxylic acid groups (broad SMARTS) is 1. The average Bonchev–Trinajstić information content (AvgIpc) is 2.46. The smallest absolute Gasteiger partial charge is 0.303 e. The summed E-state index contributed by atoms with van der Waals surface area (Å²) in [5.41, 5.74) is 2.15. The standard InChI is InChI=1S/C16H32N2O3/c17-18-15(19)13-11-9-7-5-3-1-2-4-6-8-10-12-14-16(20)21/h1-14,17H2,(H,18,19)(H,20,21). The molecule has 0 saturated heterocycles. The molecular weight excluding hydrogens is 268 g/mol. The van der Waals surface area contributed by atoms with Crippen molar-refractivity contribution < 1.29 is 14.7 Å². The fraction of sp³-hybridized carbons (Fsp3) is 0.875. The molecule has 0 aliphatic carbocycles.